The molecule has 120 valence electrons. The number of hydrogen-bond donors (Lipinski definition) is 3. The van der Waals surface area contributed by atoms with Crippen molar-refractivity contribution in [2.75, 3.05) is 5.32 Å². The van der Waals surface area contributed by atoms with Crippen LogP contribution < -0.4 is 5.32 Å². The minimum absolute atomic E-state index is 0.0758. The molecule has 1 amide bonds. The third-order valence-electron chi connectivity index (χ3n) is 3.66. The molecule has 1 atom stereocenters. The number of rotatable bonds is 1. The third-order valence-corrected chi connectivity index (χ3v) is 3.90. The van der Waals surface area contributed by atoms with Crippen molar-refractivity contribution in [3.05, 3.63) is 58.1 Å². The summed E-state index contributed by atoms with van der Waals surface area (Å²) in [7, 11) is 0. The Bertz CT molecular complexity index is 822. The summed E-state index contributed by atoms with van der Waals surface area (Å²) in [6.45, 7) is 0. The standard InChI is InChI=1S/C15H9ClF3NO3/c16-8-2-4-10(12(21)6-8)14(23)9-3-1-7(15(17,18)19)5-11(9)20-13(14)22/h1-6,21,23H,(H,20,22). The number of fused-ring (bicyclic) bond motifs is 1. The van der Waals surface area contributed by atoms with Gasteiger partial charge in [-0.05, 0) is 24.3 Å². The van der Waals surface area contributed by atoms with Crippen LogP contribution >= 0.6 is 11.6 Å². The van der Waals surface area contributed by atoms with Crippen molar-refractivity contribution in [3.63, 3.8) is 0 Å². The Kier molecular flexibility index (Phi) is 3.31. The van der Waals surface area contributed by atoms with Crippen LogP contribution in [0.3, 0.4) is 0 Å². The predicted molar refractivity (Wildman–Crippen MR) is 76.2 cm³/mol. The van der Waals surface area contributed by atoms with Crippen molar-refractivity contribution >= 4 is 23.2 Å². The summed E-state index contributed by atoms with van der Waals surface area (Å²) >= 11 is 5.71. The van der Waals surface area contributed by atoms with Crippen LogP contribution in [0.2, 0.25) is 5.02 Å². The van der Waals surface area contributed by atoms with Crippen molar-refractivity contribution < 1.29 is 28.2 Å². The second-order valence-electron chi connectivity index (χ2n) is 5.08. The zero-order valence-corrected chi connectivity index (χ0v) is 12.0. The molecule has 3 rings (SSSR count). The number of aliphatic hydroxyl groups is 1. The van der Waals surface area contributed by atoms with Gasteiger partial charge in [-0.25, -0.2) is 0 Å². The lowest BCUT2D eigenvalue weighted by Gasteiger charge is -2.22. The molecular formula is C15H9ClF3NO3. The molecule has 8 heteroatoms. The number of nitrogens with one attached hydrogen (secondary N) is 1. The van der Waals surface area contributed by atoms with Gasteiger partial charge in [-0.3, -0.25) is 4.79 Å². The topological polar surface area (TPSA) is 69.6 Å². The van der Waals surface area contributed by atoms with Crippen LogP contribution in [0.4, 0.5) is 18.9 Å². The lowest BCUT2D eigenvalue weighted by atomic mass is 9.86. The summed E-state index contributed by atoms with van der Waals surface area (Å²) in [6.07, 6.45) is -4.58. The lowest BCUT2D eigenvalue weighted by molar-refractivity contribution is -0.137. The van der Waals surface area contributed by atoms with E-state index in [9.17, 15) is 28.2 Å². The molecule has 1 unspecified atom stereocenters. The summed E-state index contributed by atoms with van der Waals surface area (Å²) in [5, 5.41) is 23.1. The van der Waals surface area contributed by atoms with Gasteiger partial charge in [-0.15, -0.1) is 0 Å². The molecule has 1 heterocycles. The minimum Gasteiger partial charge on any atom is -0.507 e. The van der Waals surface area contributed by atoms with E-state index in [1.807, 2.05) is 0 Å². The second kappa shape index (κ2) is 4.87. The highest BCUT2D eigenvalue weighted by Gasteiger charge is 2.49. The van der Waals surface area contributed by atoms with E-state index in [1.165, 1.54) is 12.1 Å². The maximum Gasteiger partial charge on any atom is 0.416 e. The van der Waals surface area contributed by atoms with Crippen LogP contribution in [0.25, 0.3) is 0 Å². The average Bonchev–Trinajstić information content (AvgIpc) is 2.69. The van der Waals surface area contributed by atoms with Crippen molar-refractivity contribution in [2.45, 2.75) is 11.8 Å². The van der Waals surface area contributed by atoms with Gasteiger partial charge in [-0.2, -0.15) is 13.2 Å². The van der Waals surface area contributed by atoms with Crippen LogP contribution in [0.5, 0.6) is 5.75 Å². The van der Waals surface area contributed by atoms with Gasteiger partial charge in [0.15, 0.2) is 5.60 Å². The Morgan fingerprint density at radius 3 is 2.35 bits per heavy atom. The van der Waals surface area contributed by atoms with Gasteiger partial charge in [0.1, 0.15) is 5.75 Å². The number of aromatic hydroxyl groups is 1. The van der Waals surface area contributed by atoms with E-state index in [1.54, 1.807) is 0 Å². The number of amides is 1. The van der Waals surface area contributed by atoms with E-state index in [0.717, 1.165) is 24.3 Å². The summed E-state index contributed by atoms with van der Waals surface area (Å²) in [5.41, 5.74) is -3.66. The molecule has 0 radical (unpaired) electrons. The van der Waals surface area contributed by atoms with Gasteiger partial charge in [-0.1, -0.05) is 23.7 Å². The number of alkyl halides is 3. The molecule has 0 saturated heterocycles. The number of anilines is 1. The Hall–Kier alpha value is -2.25. The number of carbonyl (C=O) groups excluding carboxylic acids is 1. The van der Waals surface area contributed by atoms with Gasteiger partial charge in [0.05, 0.1) is 5.56 Å². The summed E-state index contributed by atoms with van der Waals surface area (Å²) in [6, 6.07) is 6.22. The smallest absolute Gasteiger partial charge is 0.416 e. The minimum atomic E-state index is -4.58. The van der Waals surface area contributed by atoms with Crippen LogP contribution in [0, 0.1) is 0 Å². The first kappa shape index (κ1) is 15.6. The molecule has 0 fully saturated rings. The van der Waals surface area contributed by atoms with Crippen LogP contribution in [0.15, 0.2) is 36.4 Å². The SMILES string of the molecule is O=C1Nc2cc(C(F)(F)F)ccc2C1(O)c1ccc(Cl)cc1O. The number of hydrogen-bond acceptors (Lipinski definition) is 3. The van der Waals surface area contributed by atoms with E-state index in [-0.39, 0.29) is 21.8 Å². The van der Waals surface area contributed by atoms with Crippen molar-refractivity contribution in [3.8, 4) is 5.75 Å². The molecule has 0 aromatic heterocycles. The van der Waals surface area contributed by atoms with E-state index >= 15 is 0 Å². The summed E-state index contributed by atoms with van der Waals surface area (Å²) < 4.78 is 38.2. The molecule has 0 spiro atoms. The fourth-order valence-electron chi connectivity index (χ4n) is 2.55. The lowest BCUT2D eigenvalue weighted by Crippen LogP contribution is -2.35. The molecule has 4 nitrogen and oxygen atoms in total. The quantitative estimate of drug-likeness (QED) is 0.744. The average molecular weight is 344 g/mol. The third kappa shape index (κ3) is 2.32. The summed E-state index contributed by atoms with van der Waals surface area (Å²) in [4.78, 5) is 12.2. The van der Waals surface area contributed by atoms with Gasteiger partial charge >= 0.3 is 6.18 Å². The molecule has 2 aromatic rings. The number of phenols is 1. The summed E-state index contributed by atoms with van der Waals surface area (Å²) in [5.74, 6) is -1.40. The Morgan fingerprint density at radius 2 is 1.74 bits per heavy atom. The molecule has 0 saturated carbocycles. The monoisotopic (exact) mass is 343 g/mol. The van der Waals surface area contributed by atoms with Crippen LogP contribution in [0.1, 0.15) is 16.7 Å². The fraction of sp³-hybridized carbons (Fsp3) is 0.133. The van der Waals surface area contributed by atoms with E-state index < -0.39 is 29.0 Å². The zero-order valence-electron chi connectivity index (χ0n) is 11.3. The molecule has 3 N–H and O–H groups in total. The maximum absolute atomic E-state index is 12.7. The van der Waals surface area contributed by atoms with E-state index in [4.69, 9.17) is 11.6 Å². The van der Waals surface area contributed by atoms with E-state index in [0.29, 0.717) is 0 Å². The molecule has 0 bridgehead atoms. The number of halogens is 4. The largest absolute Gasteiger partial charge is 0.507 e. The van der Waals surface area contributed by atoms with Gasteiger partial charge in [0.2, 0.25) is 0 Å². The highest BCUT2D eigenvalue weighted by atomic mass is 35.5. The molecule has 2 aromatic carbocycles. The Labute approximate surface area is 133 Å². The fourth-order valence-corrected chi connectivity index (χ4v) is 2.72. The molecule has 0 aliphatic carbocycles. The first-order valence-electron chi connectivity index (χ1n) is 6.38. The van der Waals surface area contributed by atoms with Crippen LogP contribution in [-0.4, -0.2) is 16.1 Å². The van der Waals surface area contributed by atoms with Crippen molar-refractivity contribution in [1.82, 2.24) is 0 Å². The van der Waals surface area contributed by atoms with Gasteiger partial charge < -0.3 is 15.5 Å². The van der Waals surface area contributed by atoms with Gasteiger partial charge in [0.25, 0.3) is 5.91 Å². The number of phenolic OH excluding ortho intramolecular Hbond substituents is 1. The van der Waals surface area contributed by atoms with E-state index in [2.05, 4.69) is 5.32 Å². The van der Waals surface area contributed by atoms with Crippen molar-refractivity contribution in [1.29, 1.82) is 0 Å². The first-order chi connectivity index (χ1) is 10.6. The molecule has 23 heavy (non-hydrogen) atoms. The predicted octanol–water partition coefficient (Wildman–Crippen LogP) is 3.25. The maximum atomic E-state index is 12.7. The van der Waals surface area contributed by atoms with Gasteiger partial charge in [0, 0.05) is 21.8 Å². The first-order valence-corrected chi connectivity index (χ1v) is 6.76. The second-order valence-corrected chi connectivity index (χ2v) is 5.52. The Balaban J connectivity index is 2.18. The normalized spacial score (nSPS) is 20.3. The molecular weight excluding hydrogens is 335 g/mol. The number of benzene rings is 2. The number of carbonyl (C=O) groups is 1. The zero-order chi connectivity index (χ0) is 17.0. The van der Waals surface area contributed by atoms with Crippen molar-refractivity contribution in [2.24, 2.45) is 0 Å². The Morgan fingerprint density at radius 1 is 1.09 bits per heavy atom. The van der Waals surface area contributed by atoms with Crippen LogP contribution in [-0.2, 0) is 16.6 Å². The highest BCUT2D eigenvalue weighted by Crippen LogP contribution is 2.46. The highest BCUT2D eigenvalue weighted by molar-refractivity contribution is 6.30. The molecule has 1 aliphatic rings. The molecule has 1 aliphatic heterocycles.